The van der Waals surface area contributed by atoms with Gasteiger partial charge in [-0.05, 0) is 40.9 Å². The van der Waals surface area contributed by atoms with Crippen molar-refractivity contribution < 1.29 is 4.79 Å². The molecule has 0 fully saturated rings. The van der Waals surface area contributed by atoms with E-state index < -0.39 is 0 Å². The number of hydrogen-bond donors (Lipinski definition) is 0. The Labute approximate surface area is 112 Å². The normalized spacial score (nSPS) is 10.5. The Hall–Kier alpha value is -1.07. The average molecular weight is 311 g/mol. The predicted octanol–water partition coefficient (Wildman–Crippen LogP) is 3.42. The molecule has 0 N–H and O–H groups in total. The van der Waals surface area contributed by atoms with Gasteiger partial charge in [-0.1, -0.05) is 6.07 Å². The van der Waals surface area contributed by atoms with Gasteiger partial charge in [0, 0.05) is 18.8 Å². The minimum atomic E-state index is 0.148. The van der Waals surface area contributed by atoms with Gasteiger partial charge in [0.25, 0.3) is 0 Å². The van der Waals surface area contributed by atoms with Gasteiger partial charge in [-0.15, -0.1) is 11.3 Å². The first-order valence-corrected chi connectivity index (χ1v) is 6.83. The molecule has 17 heavy (non-hydrogen) atoms. The van der Waals surface area contributed by atoms with Crippen LogP contribution in [0.5, 0.6) is 0 Å². The van der Waals surface area contributed by atoms with Crippen molar-refractivity contribution in [3.8, 4) is 0 Å². The maximum atomic E-state index is 12.0. The van der Waals surface area contributed by atoms with Gasteiger partial charge < -0.3 is 0 Å². The van der Waals surface area contributed by atoms with Crippen molar-refractivity contribution in [2.24, 2.45) is 0 Å². The average Bonchev–Trinajstić information content (AvgIpc) is 2.67. The number of hydrogen-bond acceptors (Lipinski definition) is 4. The molecule has 0 radical (unpaired) electrons. The number of aryl methyl sites for hydroxylation is 2. The summed E-state index contributed by atoms with van der Waals surface area (Å²) in [4.78, 5) is 20.9. The summed E-state index contributed by atoms with van der Waals surface area (Å²) in [6, 6.07) is 3.87. The molecule has 88 valence electrons. The molecule has 0 aliphatic rings. The zero-order chi connectivity index (χ0) is 12.3. The fourth-order valence-corrected chi connectivity index (χ4v) is 3.05. The molecule has 0 spiro atoms. The van der Waals surface area contributed by atoms with Gasteiger partial charge in [0.2, 0.25) is 0 Å². The lowest BCUT2D eigenvalue weighted by Crippen LogP contribution is -2.01. The van der Waals surface area contributed by atoms with Crippen LogP contribution in [0.15, 0.2) is 28.4 Å². The second-order valence-corrected chi connectivity index (χ2v) is 5.94. The number of thiazole rings is 1. The number of halogens is 1. The standard InChI is InChI=1S/C12H11BrN2OS/c1-8-11(17-12(13)15-8)10(16)5-4-9-3-2-6-14-7-9/h2-3,6-7H,4-5H2,1H3. The predicted molar refractivity (Wildman–Crippen MR) is 71.4 cm³/mol. The Morgan fingerprint density at radius 3 is 2.94 bits per heavy atom. The largest absolute Gasteiger partial charge is 0.293 e. The van der Waals surface area contributed by atoms with Crippen molar-refractivity contribution >= 4 is 33.0 Å². The second kappa shape index (κ2) is 5.51. The molecule has 2 aromatic heterocycles. The van der Waals surface area contributed by atoms with Crippen LogP contribution in [0.4, 0.5) is 0 Å². The van der Waals surface area contributed by atoms with E-state index in [2.05, 4.69) is 25.9 Å². The highest BCUT2D eigenvalue weighted by Gasteiger charge is 2.13. The third kappa shape index (κ3) is 3.20. The lowest BCUT2D eigenvalue weighted by atomic mass is 10.1. The number of ketones is 1. The zero-order valence-electron chi connectivity index (χ0n) is 9.31. The van der Waals surface area contributed by atoms with E-state index in [9.17, 15) is 4.79 Å². The summed E-state index contributed by atoms with van der Waals surface area (Å²) in [5.41, 5.74) is 1.89. The Morgan fingerprint density at radius 1 is 1.53 bits per heavy atom. The zero-order valence-corrected chi connectivity index (χ0v) is 11.7. The summed E-state index contributed by atoms with van der Waals surface area (Å²) in [6.45, 7) is 1.86. The van der Waals surface area contributed by atoms with E-state index in [4.69, 9.17) is 0 Å². The molecular weight excluding hydrogens is 300 g/mol. The van der Waals surface area contributed by atoms with Crippen molar-refractivity contribution in [3.63, 3.8) is 0 Å². The molecule has 2 aromatic rings. The Bertz CT molecular complexity index is 525. The minimum Gasteiger partial charge on any atom is -0.293 e. The van der Waals surface area contributed by atoms with Crippen LogP contribution in [0.1, 0.15) is 27.3 Å². The monoisotopic (exact) mass is 310 g/mol. The molecule has 0 atom stereocenters. The summed E-state index contributed by atoms with van der Waals surface area (Å²) in [6.07, 6.45) is 4.75. The number of carbonyl (C=O) groups excluding carboxylic acids is 1. The van der Waals surface area contributed by atoms with E-state index in [1.807, 2.05) is 19.1 Å². The maximum absolute atomic E-state index is 12.0. The summed E-state index contributed by atoms with van der Waals surface area (Å²) in [7, 11) is 0. The summed E-state index contributed by atoms with van der Waals surface area (Å²) in [5, 5.41) is 0. The number of rotatable bonds is 4. The van der Waals surface area contributed by atoms with Crippen molar-refractivity contribution in [2.45, 2.75) is 19.8 Å². The number of pyridine rings is 1. The fraction of sp³-hybridized carbons (Fsp3) is 0.250. The van der Waals surface area contributed by atoms with Gasteiger partial charge >= 0.3 is 0 Å². The second-order valence-electron chi connectivity index (χ2n) is 3.67. The van der Waals surface area contributed by atoms with E-state index in [-0.39, 0.29) is 5.78 Å². The topological polar surface area (TPSA) is 42.9 Å². The summed E-state index contributed by atoms with van der Waals surface area (Å²) >= 11 is 4.69. The molecule has 0 aromatic carbocycles. The van der Waals surface area contributed by atoms with Gasteiger partial charge in [-0.2, -0.15) is 0 Å². The van der Waals surface area contributed by atoms with Gasteiger partial charge in [0.1, 0.15) is 0 Å². The first kappa shape index (κ1) is 12.4. The van der Waals surface area contributed by atoms with Crippen LogP contribution in [-0.4, -0.2) is 15.8 Å². The highest BCUT2D eigenvalue weighted by Crippen LogP contribution is 2.24. The molecule has 2 rings (SSSR count). The minimum absolute atomic E-state index is 0.148. The van der Waals surface area contributed by atoms with Crippen LogP contribution in [0.3, 0.4) is 0 Å². The van der Waals surface area contributed by atoms with Crippen LogP contribution < -0.4 is 0 Å². The summed E-state index contributed by atoms with van der Waals surface area (Å²) < 4.78 is 0.764. The molecule has 5 heteroatoms. The van der Waals surface area contributed by atoms with Gasteiger partial charge in [0.15, 0.2) is 9.70 Å². The molecule has 0 bridgehead atoms. The molecule has 3 nitrogen and oxygen atoms in total. The highest BCUT2D eigenvalue weighted by molar-refractivity contribution is 9.11. The smallest absolute Gasteiger partial charge is 0.175 e. The Balaban J connectivity index is 2.01. The molecule has 0 unspecified atom stereocenters. The van der Waals surface area contributed by atoms with Gasteiger partial charge in [-0.3, -0.25) is 9.78 Å². The molecule has 0 amide bonds. The van der Waals surface area contributed by atoms with Crippen molar-refractivity contribution in [1.29, 1.82) is 0 Å². The SMILES string of the molecule is Cc1nc(Br)sc1C(=O)CCc1cccnc1. The molecule has 0 saturated heterocycles. The van der Waals surface area contributed by atoms with E-state index in [1.54, 1.807) is 12.4 Å². The third-order valence-corrected chi connectivity index (χ3v) is 4.04. The van der Waals surface area contributed by atoms with Crippen molar-refractivity contribution in [2.75, 3.05) is 0 Å². The highest BCUT2D eigenvalue weighted by atomic mass is 79.9. The molecule has 0 aliphatic carbocycles. The van der Waals surface area contributed by atoms with Crippen LogP contribution in [0.25, 0.3) is 0 Å². The van der Waals surface area contributed by atoms with Crippen molar-refractivity contribution in [3.05, 3.63) is 44.6 Å². The number of aromatic nitrogens is 2. The lowest BCUT2D eigenvalue weighted by molar-refractivity contribution is 0.0986. The van der Waals surface area contributed by atoms with Crippen LogP contribution in [0, 0.1) is 6.92 Å². The van der Waals surface area contributed by atoms with Crippen LogP contribution in [-0.2, 0) is 6.42 Å². The van der Waals surface area contributed by atoms with E-state index in [1.165, 1.54) is 11.3 Å². The van der Waals surface area contributed by atoms with Gasteiger partial charge in [-0.25, -0.2) is 4.98 Å². The molecule has 2 heterocycles. The number of Topliss-reactive ketones (excluding diaryl/α,β-unsaturated/α-hetero) is 1. The van der Waals surface area contributed by atoms with E-state index in [0.29, 0.717) is 6.42 Å². The first-order valence-electron chi connectivity index (χ1n) is 5.22. The fourth-order valence-electron chi connectivity index (χ4n) is 1.54. The summed E-state index contributed by atoms with van der Waals surface area (Å²) in [5.74, 6) is 0.148. The lowest BCUT2D eigenvalue weighted by Gasteiger charge is -1.99. The third-order valence-electron chi connectivity index (χ3n) is 2.39. The van der Waals surface area contributed by atoms with Crippen LogP contribution in [0.2, 0.25) is 0 Å². The maximum Gasteiger partial charge on any atom is 0.175 e. The van der Waals surface area contributed by atoms with E-state index in [0.717, 1.165) is 26.5 Å². The van der Waals surface area contributed by atoms with E-state index >= 15 is 0 Å². The Kier molecular flexibility index (Phi) is 4.02. The number of carbonyl (C=O) groups is 1. The first-order chi connectivity index (χ1) is 8.16. The molecule has 0 aliphatic heterocycles. The quantitative estimate of drug-likeness (QED) is 0.813. The van der Waals surface area contributed by atoms with Crippen molar-refractivity contribution in [1.82, 2.24) is 9.97 Å². The molecular formula is C12H11BrN2OS. The van der Waals surface area contributed by atoms with Gasteiger partial charge in [0.05, 0.1) is 10.6 Å². The Morgan fingerprint density at radius 2 is 2.35 bits per heavy atom. The van der Waals surface area contributed by atoms with Crippen LogP contribution >= 0.6 is 27.3 Å². The number of nitrogens with zero attached hydrogens (tertiary/aromatic N) is 2. The molecule has 0 saturated carbocycles.